The highest BCUT2D eigenvalue weighted by atomic mass is 16.5. The number of likely N-dealkylation sites (tertiary alicyclic amines) is 1. The van der Waals surface area contributed by atoms with E-state index in [2.05, 4.69) is 16.8 Å². The van der Waals surface area contributed by atoms with Gasteiger partial charge in [-0.2, -0.15) is 0 Å². The maximum atomic E-state index is 12.4. The summed E-state index contributed by atoms with van der Waals surface area (Å²) in [5, 5.41) is 0. The SMILES string of the molecule is COC1CCN(CC(=O)N2CCN(C)CC2)C(CN)C1. The third-order valence-corrected chi connectivity index (χ3v) is 4.59. The maximum absolute atomic E-state index is 12.4. The highest BCUT2D eigenvalue weighted by molar-refractivity contribution is 5.78. The van der Waals surface area contributed by atoms with Gasteiger partial charge in [-0.15, -0.1) is 0 Å². The molecule has 2 unspecified atom stereocenters. The molecule has 2 aliphatic rings. The quantitative estimate of drug-likeness (QED) is 0.732. The van der Waals surface area contributed by atoms with Gasteiger partial charge in [-0.3, -0.25) is 9.69 Å². The van der Waals surface area contributed by atoms with Gasteiger partial charge < -0.3 is 20.3 Å². The number of piperazine rings is 1. The highest BCUT2D eigenvalue weighted by Gasteiger charge is 2.30. The van der Waals surface area contributed by atoms with Crippen molar-refractivity contribution in [3.05, 3.63) is 0 Å². The number of ether oxygens (including phenoxy) is 1. The van der Waals surface area contributed by atoms with Crippen LogP contribution in [0.4, 0.5) is 0 Å². The van der Waals surface area contributed by atoms with E-state index in [4.69, 9.17) is 10.5 Å². The summed E-state index contributed by atoms with van der Waals surface area (Å²) < 4.78 is 5.42. The molecule has 0 aromatic heterocycles. The predicted molar refractivity (Wildman–Crippen MR) is 78.5 cm³/mol. The molecule has 6 heteroatoms. The number of methoxy groups -OCH3 is 1. The van der Waals surface area contributed by atoms with Gasteiger partial charge in [0.15, 0.2) is 0 Å². The second-order valence-electron chi connectivity index (χ2n) is 5.93. The van der Waals surface area contributed by atoms with Gasteiger partial charge in [0.1, 0.15) is 0 Å². The summed E-state index contributed by atoms with van der Waals surface area (Å²) in [6, 6.07) is 0.269. The normalized spacial score (nSPS) is 29.6. The van der Waals surface area contributed by atoms with Crippen molar-refractivity contribution in [2.75, 3.05) is 60.0 Å². The third kappa shape index (κ3) is 3.91. The minimum Gasteiger partial charge on any atom is -0.381 e. The molecule has 2 heterocycles. The fourth-order valence-corrected chi connectivity index (χ4v) is 3.06. The Morgan fingerprint density at radius 2 is 1.95 bits per heavy atom. The molecule has 20 heavy (non-hydrogen) atoms. The first-order valence-corrected chi connectivity index (χ1v) is 7.57. The molecule has 0 saturated carbocycles. The zero-order valence-corrected chi connectivity index (χ0v) is 12.8. The van der Waals surface area contributed by atoms with Crippen LogP contribution < -0.4 is 5.73 Å². The lowest BCUT2D eigenvalue weighted by atomic mass is 9.99. The summed E-state index contributed by atoms with van der Waals surface area (Å²) in [6.07, 6.45) is 2.21. The number of rotatable bonds is 4. The molecule has 116 valence electrons. The van der Waals surface area contributed by atoms with Gasteiger partial charge in [-0.1, -0.05) is 0 Å². The summed E-state index contributed by atoms with van der Waals surface area (Å²) in [4.78, 5) is 18.9. The Bertz CT molecular complexity index is 318. The first kappa shape index (κ1) is 15.7. The molecule has 0 bridgehead atoms. The zero-order valence-electron chi connectivity index (χ0n) is 12.8. The second-order valence-corrected chi connectivity index (χ2v) is 5.93. The second kappa shape index (κ2) is 7.36. The average molecular weight is 284 g/mol. The Morgan fingerprint density at radius 3 is 2.55 bits per heavy atom. The van der Waals surface area contributed by atoms with Crippen molar-refractivity contribution in [3.63, 3.8) is 0 Å². The molecule has 2 N–H and O–H groups in total. The lowest BCUT2D eigenvalue weighted by molar-refractivity contribution is -0.135. The lowest BCUT2D eigenvalue weighted by Crippen LogP contribution is -2.54. The minimum atomic E-state index is 0.243. The summed E-state index contributed by atoms with van der Waals surface area (Å²) in [5.41, 5.74) is 5.85. The van der Waals surface area contributed by atoms with Crippen molar-refractivity contribution in [2.24, 2.45) is 5.73 Å². The van der Waals surface area contributed by atoms with E-state index in [-0.39, 0.29) is 11.9 Å². The van der Waals surface area contributed by atoms with Gasteiger partial charge in [-0.05, 0) is 19.9 Å². The lowest BCUT2D eigenvalue weighted by Gasteiger charge is -2.40. The predicted octanol–water partition coefficient (Wildman–Crippen LogP) is -0.801. The van der Waals surface area contributed by atoms with Gasteiger partial charge >= 0.3 is 0 Å². The Labute approximate surface area is 121 Å². The largest absolute Gasteiger partial charge is 0.381 e. The zero-order chi connectivity index (χ0) is 14.5. The van der Waals surface area contributed by atoms with Gasteiger partial charge in [0, 0.05) is 52.4 Å². The van der Waals surface area contributed by atoms with Crippen molar-refractivity contribution in [1.82, 2.24) is 14.7 Å². The molecule has 2 aliphatic heterocycles. The van der Waals surface area contributed by atoms with Crippen molar-refractivity contribution < 1.29 is 9.53 Å². The summed E-state index contributed by atoms with van der Waals surface area (Å²) in [5.74, 6) is 0.243. The van der Waals surface area contributed by atoms with Gasteiger partial charge in [0.25, 0.3) is 0 Å². The molecule has 2 rings (SSSR count). The van der Waals surface area contributed by atoms with Crippen molar-refractivity contribution >= 4 is 5.91 Å². The molecule has 0 aliphatic carbocycles. The number of likely N-dealkylation sites (N-methyl/N-ethyl adjacent to an activating group) is 1. The molecule has 2 atom stereocenters. The van der Waals surface area contributed by atoms with Gasteiger partial charge in [-0.25, -0.2) is 0 Å². The van der Waals surface area contributed by atoms with E-state index in [1.807, 2.05) is 4.90 Å². The van der Waals surface area contributed by atoms with E-state index in [1.165, 1.54) is 0 Å². The first-order valence-electron chi connectivity index (χ1n) is 7.57. The van der Waals surface area contributed by atoms with Crippen LogP contribution in [0.25, 0.3) is 0 Å². The van der Waals surface area contributed by atoms with Gasteiger partial charge in [0.05, 0.1) is 12.6 Å². The number of hydrogen-bond donors (Lipinski definition) is 1. The van der Waals surface area contributed by atoms with Crippen molar-refractivity contribution in [2.45, 2.75) is 25.0 Å². The number of amides is 1. The van der Waals surface area contributed by atoms with Crippen LogP contribution in [0, 0.1) is 0 Å². The number of piperidine rings is 1. The number of carbonyl (C=O) groups excluding carboxylic acids is 1. The van der Waals surface area contributed by atoms with E-state index in [0.717, 1.165) is 45.6 Å². The molecule has 1 amide bonds. The van der Waals surface area contributed by atoms with E-state index in [9.17, 15) is 4.79 Å². The maximum Gasteiger partial charge on any atom is 0.236 e. The summed E-state index contributed by atoms with van der Waals surface area (Å²) >= 11 is 0. The van der Waals surface area contributed by atoms with Crippen molar-refractivity contribution in [3.8, 4) is 0 Å². The standard InChI is InChI=1S/C14H28N4O2/c1-16-5-7-17(8-6-16)14(19)11-18-4-3-13(20-2)9-12(18)10-15/h12-13H,3-11,15H2,1-2H3. The molecule has 0 radical (unpaired) electrons. The van der Waals surface area contributed by atoms with Crippen molar-refractivity contribution in [1.29, 1.82) is 0 Å². The molecule has 2 fully saturated rings. The average Bonchev–Trinajstić information content (AvgIpc) is 2.48. The smallest absolute Gasteiger partial charge is 0.236 e. The van der Waals surface area contributed by atoms with Crippen LogP contribution in [-0.4, -0.2) is 92.7 Å². The Balaban J connectivity index is 1.83. The van der Waals surface area contributed by atoms with E-state index in [1.54, 1.807) is 7.11 Å². The number of hydrogen-bond acceptors (Lipinski definition) is 5. The van der Waals surface area contributed by atoms with Crippen LogP contribution in [0.2, 0.25) is 0 Å². The third-order valence-electron chi connectivity index (χ3n) is 4.59. The Kier molecular flexibility index (Phi) is 5.77. The Morgan fingerprint density at radius 1 is 1.25 bits per heavy atom. The van der Waals surface area contributed by atoms with Crippen LogP contribution in [0.1, 0.15) is 12.8 Å². The van der Waals surface area contributed by atoms with Crippen LogP contribution >= 0.6 is 0 Å². The fraction of sp³-hybridized carbons (Fsp3) is 0.929. The molecule has 0 aromatic carbocycles. The van der Waals surface area contributed by atoms with E-state index in [0.29, 0.717) is 19.2 Å². The molecule has 0 spiro atoms. The molecular weight excluding hydrogens is 256 g/mol. The number of carbonyl (C=O) groups is 1. The topological polar surface area (TPSA) is 62.0 Å². The molecule has 2 saturated heterocycles. The van der Waals surface area contributed by atoms with Crippen LogP contribution in [-0.2, 0) is 9.53 Å². The summed E-state index contributed by atoms with van der Waals surface area (Å²) in [6.45, 7) is 5.63. The molecular formula is C14H28N4O2. The first-order chi connectivity index (χ1) is 9.63. The summed E-state index contributed by atoms with van der Waals surface area (Å²) in [7, 11) is 3.85. The molecule has 6 nitrogen and oxygen atoms in total. The van der Waals surface area contributed by atoms with Crippen LogP contribution in [0.5, 0.6) is 0 Å². The fourth-order valence-electron chi connectivity index (χ4n) is 3.06. The van der Waals surface area contributed by atoms with Gasteiger partial charge in [0.2, 0.25) is 5.91 Å². The van der Waals surface area contributed by atoms with Crippen LogP contribution in [0.3, 0.4) is 0 Å². The number of nitrogens with zero attached hydrogens (tertiary/aromatic N) is 3. The van der Waals surface area contributed by atoms with E-state index >= 15 is 0 Å². The minimum absolute atomic E-state index is 0.243. The van der Waals surface area contributed by atoms with Crippen LogP contribution in [0.15, 0.2) is 0 Å². The number of nitrogens with two attached hydrogens (primary N) is 1. The highest BCUT2D eigenvalue weighted by Crippen LogP contribution is 2.19. The monoisotopic (exact) mass is 284 g/mol. The molecule has 0 aromatic rings. The van der Waals surface area contributed by atoms with E-state index < -0.39 is 0 Å². The Hall–Kier alpha value is -0.690.